The van der Waals surface area contributed by atoms with Gasteiger partial charge in [0.1, 0.15) is 0 Å². The lowest BCUT2D eigenvalue weighted by Gasteiger charge is -2.23. The molecule has 0 aliphatic carbocycles. The molecule has 0 bridgehead atoms. The van der Waals surface area contributed by atoms with E-state index in [0.29, 0.717) is 12.6 Å². The third-order valence-corrected chi connectivity index (χ3v) is 3.76. The number of rotatable bonds is 4. The lowest BCUT2D eigenvalue weighted by molar-refractivity contribution is -0.385. The predicted octanol–water partition coefficient (Wildman–Crippen LogP) is 2.25. The molecule has 19 heavy (non-hydrogen) atoms. The Kier molecular flexibility index (Phi) is 5.72. The number of halogens is 1. The molecule has 1 saturated heterocycles. The van der Waals surface area contributed by atoms with E-state index in [-0.39, 0.29) is 23.0 Å². The van der Waals surface area contributed by atoms with Crippen LogP contribution in [0.5, 0.6) is 0 Å². The second kappa shape index (κ2) is 6.84. The molecule has 1 aliphatic rings. The molecular weight excluding hydrogens is 266 g/mol. The molecule has 6 heteroatoms. The summed E-state index contributed by atoms with van der Waals surface area (Å²) in [5.41, 5.74) is 7.75. The molecule has 1 heterocycles. The zero-order chi connectivity index (χ0) is 13.1. The average Bonchev–Trinajstić information content (AvgIpc) is 2.78. The van der Waals surface area contributed by atoms with Crippen LogP contribution in [0.1, 0.15) is 24.0 Å². The highest BCUT2D eigenvalue weighted by Gasteiger charge is 2.24. The van der Waals surface area contributed by atoms with Crippen LogP contribution in [0.15, 0.2) is 18.2 Å². The molecule has 5 nitrogen and oxygen atoms in total. The fourth-order valence-electron chi connectivity index (χ4n) is 2.63. The Labute approximate surface area is 119 Å². The van der Waals surface area contributed by atoms with Gasteiger partial charge in [-0.3, -0.25) is 15.0 Å². The minimum atomic E-state index is -0.316. The molecule has 0 amide bonds. The number of nitro benzene ring substituents is 1. The van der Waals surface area contributed by atoms with E-state index in [1.165, 1.54) is 0 Å². The molecule has 0 saturated carbocycles. The summed E-state index contributed by atoms with van der Waals surface area (Å²) in [7, 11) is 0. The van der Waals surface area contributed by atoms with Gasteiger partial charge in [0.25, 0.3) is 5.69 Å². The van der Waals surface area contributed by atoms with Crippen LogP contribution in [0.3, 0.4) is 0 Å². The Balaban J connectivity index is 0.00000180. The Morgan fingerprint density at radius 2 is 2.26 bits per heavy atom. The molecule has 1 aromatic rings. The topological polar surface area (TPSA) is 72.4 Å². The largest absolute Gasteiger partial charge is 0.329 e. The maximum absolute atomic E-state index is 10.9. The van der Waals surface area contributed by atoms with Crippen LogP contribution in [0.2, 0.25) is 0 Å². The van der Waals surface area contributed by atoms with Crippen molar-refractivity contribution in [1.82, 2.24) is 4.90 Å². The van der Waals surface area contributed by atoms with E-state index in [4.69, 9.17) is 5.73 Å². The van der Waals surface area contributed by atoms with E-state index in [2.05, 4.69) is 4.90 Å². The maximum atomic E-state index is 10.9. The van der Waals surface area contributed by atoms with E-state index in [1.54, 1.807) is 12.1 Å². The fourth-order valence-corrected chi connectivity index (χ4v) is 2.63. The van der Waals surface area contributed by atoms with Gasteiger partial charge in [-0.15, -0.1) is 12.4 Å². The summed E-state index contributed by atoms with van der Waals surface area (Å²) in [5, 5.41) is 10.9. The number of hydrogen-bond donors (Lipinski definition) is 1. The maximum Gasteiger partial charge on any atom is 0.272 e. The Morgan fingerprint density at radius 1 is 1.53 bits per heavy atom. The summed E-state index contributed by atoms with van der Waals surface area (Å²) in [6.07, 6.45) is 2.29. The van der Waals surface area contributed by atoms with Gasteiger partial charge in [-0.25, -0.2) is 0 Å². The minimum Gasteiger partial charge on any atom is -0.329 e. The van der Waals surface area contributed by atoms with Crippen molar-refractivity contribution >= 4 is 18.1 Å². The summed E-state index contributed by atoms with van der Waals surface area (Å²) in [6, 6.07) is 5.70. The first-order chi connectivity index (χ1) is 8.63. The molecule has 1 fully saturated rings. The van der Waals surface area contributed by atoms with Gasteiger partial charge >= 0.3 is 0 Å². The van der Waals surface area contributed by atoms with Gasteiger partial charge in [-0.1, -0.05) is 12.1 Å². The molecule has 2 N–H and O–H groups in total. The molecule has 0 aromatic heterocycles. The van der Waals surface area contributed by atoms with Crippen molar-refractivity contribution in [2.24, 2.45) is 5.73 Å². The second-order valence-corrected chi connectivity index (χ2v) is 4.82. The number of nitro groups is 1. The van der Waals surface area contributed by atoms with Crippen molar-refractivity contribution in [3.05, 3.63) is 39.4 Å². The van der Waals surface area contributed by atoms with Gasteiger partial charge < -0.3 is 5.73 Å². The van der Waals surface area contributed by atoms with Crippen LogP contribution >= 0.6 is 12.4 Å². The highest BCUT2D eigenvalue weighted by atomic mass is 35.5. The van der Waals surface area contributed by atoms with Crippen molar-refractivity contribution in [3.63, 3.8) is 0 Å². The van der Waals surface area contributed by atoms with E-state index in [0.717, 1.165) is 37.1 Å². The zero-order valence-electron chi connectivity index (χ0n) is 11.0. The van der Waals surface area contributed by atoms with Crippen LogP contribution in [0.25, 0.3) is 0 Å². The lowest BCUT2D eigenvalue weighted by atomic mass is 10.1. The van der Waals surface area contributed by atoms with Crippen molar-refractivity contribution in [3.8, 4) is 0 Å². The van der Waals surface area contributed by atoms with E-state index in [1.807, 2.05) is 13.0 Å². The zero-order valence-corrected chi connectivity index (χ0v) is 11.9. The van der Waals surface area contributed by atoms with Crippen LogP contribution in [0, 0.1) is 17.0 Å². The third-order valence-electron chi connectivity index (χ3n) is 3.76. The van der Waals surface area contributed by atoms with Crippen LogP contribution in [0.4, 0.5) is 5.69 Å². The first kappa shape index (κ1) is 15.9. The number of likely N-dealkylation sites (tertiary alicyclic amines) is 1. The summed E-state index contributed by atoms with van der Waals surface area (Å²) >= 11 is 0. The monoisotopic (exact) mass is 285 g/mol. The van der Waals surface area contributed by atoms with Crippen LogP contribution in [-0.2, 0) is 6.54 Å². The van der Waals surface area contributed by atoms with Gasteiger partial charge in [0.2, 0.25) is 0 Å². The average molecular weight is 286 g/mol. The fraction of sp³-hybridized carbons (Fsp3) is 0.538. The Bertz CT molecular complexity index is 454. The number of nitrogens with two attached hydrogens (primary N) is 1. The predicted molar refractivity (Wildman–Crippen MR) is 77.6 cm³/mol. The molecule has 0 spiro atoms. The van der Waals surface area contributed by atoms with Gasteiger partial charge in [0.05, 0.1) is 4.92 Å². The van der Waals surface area contributed by atoms with Crippen molar-refractivity contribution in [1.29, 1.82) is 0 Å². The Hall–Kier alpha value is -1.17. The highest BCUT2D eigenvalue weighted by molar-refractivity contribution is 5.85. The number of benzene rings is 1. The molecular formula is C13H20ClN3O2. The standard InChI is InChI=1S/C13H19N3O2.ClH/c1-10-11(4-2-6-13(10)16(17)18)9-15-7-3-5-12(15)8-14;/h2,4,6,12H,3,5,7-9,14H2,1H3;1H. The lowest BCUT2D eigenvalue weighted by Crippen LogP contribution is -2.35. The summed E-state index contributed by atoms with van der Waals surface area (Å²) in [5.74, 6) is 0. The molecule has 106 valence electrons. The van der Waals surface area contributed by atoms with Gasteiger partial charge in [0.15, 0.2) is 0 Å². The molecule has 1 aliphatic heterocycles. The first-order valence-electron chi connectivity index (χ1n) is 6.30. The molecule has 2 rings (SSSR count). The van der Waals surface area contributed by atoms with Gasteiger partial charge in [-0.2, -0.15) is 0 Å². The normalized spacial score (nSPS) is 19.2. The van der Waals surface area contributed by atoms with Crippen molar-refractivity contribution < 1.29 is 4.92 Å². The summed E-state index contributed by atoms with van der Waals surface area (Å²) in [4.78, 5) is 12.9. The Morgan fingerprint density at radius 3 is 2.89 bits per heavy atom. The van der Waals surface area contributed by atoms with Crippen LogP contribution < -0.4 is 5.73 Å². The highest BCUT2D eigenvalue weighted by Crippen LogP contribution is 2.25. The second-order valence-electron chi connectivity index (χ2n) is 4.82. The summed E-state index contributed by atoms with van der Waals surface area (Å²) in [6.45, 7) is 4.27. The van der Waals surface area contributed by atoms with Gasteiger partial charge in [0, 0.05) is 30.8 Å². The van der Waals surface area contributed by atoms with E-state index < -0.39 is 0 Å². The first-order valence-corrected chi connectivity index (χ1v) is 6.30. The third kappa shape index (κ3) is 3.43. The summed E-state index contributed by atoms with van der Waals surface area (Å²) < 4.78 is 0. The molecule has 1 unspecified atom stereocenters. The molecule has 1 atom stereocenters. The van der Waals surface area contributed by atoms with Crippen LogP contribution in [-0.4, -0.2) is 29.0 Å². The van der Waals surface area contributed by atoms with Crippen molar-refractivity contribution in [2.75, 3.05) is 13.1 Å². The van der Waals surface area contributed by atoms with E-state index in [9.17, 15) is 10.1 Å². The number of hydrogen-bond acceptors (Lipinski definition) is 4. The SMILES string of the molecule is Cc1c(CN2CCCC2CN)cccc1[N+](=O)[O-].Cl. The minimum absolute atomic E-state index is 0. The smallest absolute Gasteiger partial charge is 0.272 e. The number of nitrogens with zero attached hydrogens (tertiary/aromatic N) is 2. The van der Waals surface area contributed by atoms with Crippen molar-refractivity contribution in [2.45, 2.75) is 32.4 Å². The van der Waals surface area contributed by atoms with Gasteiger partial charge in [-0.05, 0) is 31.9 Å². The molecule has 0 radical (unpaired) electrons. The molecule has 1 aromatic carbocycles. The van der Waals surface area contributed by atoms with E-state index >= 15 is 0 Å². The quantitative estimate of drug-likeness (QED) is 0.680.